The lowest BCUT2D eigenvalue weighted by Gasteiger charge is -2.28. The molecule has 0 aliphatic carbocycles. The molecule has 3 rings (SSSR count). The molecule has 1 heterocycles. The molecule has 1 aliphatic heterocycles. The molecule has 0 spiro atoms. The summed E-state index contributed by atoms with van der Waals surface area (Å²) in [5.41, 5.74) is 2.66. The van der Waals surface area contributed by atoms with Gasteiger partial charge in [0.05, 0.1) is 18.2 Å². The molecule has 2 amide bonds. The van der Waals surface area contributed by atoms with Crippen molar-refractivity contribution >= 4 is 12.0 Å². The van der Waals surface area contributed by atoms with Crippen molar-refractivity contribution in [2.75, 3.05) is 19.8 Å². The molecule has 0 bridgehead atoms. The number of benzene rings is 2. The summed E-state index contributed by atoms with van der Waals surface area (Å²) in [6.45, 7) is 5.04. The molecule has 2 aromatic carbocycles. The topological polar surface area (TPSA) is 85.9 Å². The Morgan fingerprint density at radius 3 is 2.47 bits per heavy atom. The van der Waals surface area contributed by atoms with E-state index < -0.39 is 12.0 Å². The first-order valence-corrected chi connectivity index (χ1v) is 9.88. The van der Waals surface area contributed by atoms with Gasteiger partial charge in [-0.25, -0.2) is 9.59 Å². The fraction of sp³-hybridized carbons (Fsp3) is 0.304. The monoisotopic (exact) mass is 410 g/mol. The standard InChI is InChI=1S/C23H26N2O5/c1-3-28-13-14-29-22(26)20-16(2)24-23(27)25-21(20)18-9-11-19(12-10-18)30-15-17-7-5-4-6-8-17/h4-12,21H,3,13-15H2,1-2H3,(H2,24,25,27). The van der Waals surface area contributed by atoms with Gasteiger partial charge in [0.2, 0.25) is 0 Å². The summed E-state index contributed by atoms with van der Waals surface area (Å²) < 4.78 is 16.3. The van der Waals surface area contributed by atoms with Crippen molar-refractivity contribution in [2.45, 2.75) is 26.5 Å². The van der Waals surface area contributed by atoms with Crippen LogP contribution in [0, 0.1) is 0 Å². The third-order valence-corrected chi connectivity index (χ3v) is 4.62. The first kappa shape index (κ1) is 21.4. The van der Waals surface area contributed by atoms with Crippen molar-refractivity contribution in [1.82, 2.24) is 10.6 Å². The summed E-state index contributed by atoms with van der Waals surface area (Å²) in [4.78, 5) is 24.6. The van der Waals surface area contributed by atoms with Crippen molar-refractivity contribution in [1.29, 1.82) is 0 Å². The zero-order valence-electron chi connectivity index (χ0n) is 17.1. The number of rotatable bonds is 9. The van der Waals surface area contributed by atoms with Crippen molar-refractivity contribution in [2.24, 2.45) is 0 Å². The van der Waals surface area contributed by atoms with Gasteiger partial charge in [-0.2, -0.15) is 0 Å². The summed E-state index contributed by atoms with van der Waals surface area (Å²) >= 11 is 0. The summed E-state index contributed by atoms with van der Waals surface area (Å²) in [6.07, 6.45) is 0. The van der Waals surface area contributed by atoms with Crippen LogP contribution in [-0.2, 0) is 20.9 Å². The number of carbonyl (C=O) groups is 2. The average molecular weight is 410 g/mol. The van der Waals surface area contributed by atoms with Crippen LogP contribution >= 0.6 is 0 Å². The summed E-state index contributed by atoms with van der Waals surface area (Å²) in [5, 5.41) is 5.43. The number of amides is 2. The molecule has 0 radical (unpaired) electrons. The molecule has 158 valence electrons. The van der Waals surface area contributed by atoms with E-state index in [-0.39, 0.29) is 12.6 Å². The minimum absolute atomic E-state index is 0.149. The lowest BCUT2D eigenvalue weighted by molar-refractivity contribution is -0.141. The fourth-order valence-electron chi connectivity index (χ4n) is 3.13. The Morgan fingerprint density at radius 2 is 1.77 bits per heavy atom. The molecule has 0 aromatic heterocycles. The van der Waals surface area contributed by atoms with Gasteiger partial charge in [-0.3, -0.25) is 0 Å². The predicted octanol–water partition coefficient (Wildman–Crippen LogP) is 3.47. The number of carbonyl (C=O) groups excluding carboxylic acids is 2. The fourth-order valence-corrected chi connectivity index (χ4v) is 3.13. The highest BCUT2D eigenvalue weighted by molar-refractivity contribution is 5.95. The number of nitrogens with one attached hydrogen (secondary N) is 2. The maximum atomic E-state index is 12.6. The van der Waals surface area contributed by atoms with Crippen LogP contribution in [0.3, 0.4) is 0 Å². The summed E-state index contributed by atoms with van der Waals surface area (Å²) in [7, 11) is 0. The second kappa shape index (κ2) is 10.5. The van der Waals surface area contributed by atoms with Crippen LogP contribution in [0.15, 0.2) is 65.9 Å². The minimum atomic E-state index is -0.610. The number of hydrogen-bond donors (Lipinski definition) is 2. The Kier molecular flexibility index (Phi) is 7.45. The summed E-state index contributed by atoms with van der Waals surface area (Å²) in [5.74, 6) is 0.207. The zero-order valence-corrected chi connectivity index (χ0v) is 17.1. The molecule has 7 heteroatoms. The van der Waals surface area contributed by atoms with Crippen LogP contribution in [-0.4, -0.2) is 31.8 Å². The van der Waals surface area contributed by atoms with Gasteiger partial charge in [0.1, 0.15) is 19.0 Å². The third-order valence-electron chi connectivity index (χ3n) is 4.62. The lowest BCUT2D eigenvalue weighted by Crippen LogP contribution is -2.45. The largest absolute Gasteiger partial charge is 0.489 e. The Balaban J connectivity index is 1.70. The van der Waals surface area contributed by atoms with Gasteiger partial charge in [0.15, 0.2) is 0 Å². The maximum Gasteiger partial charge on any atom is 0.338 e. The molecule has 2 aromatic rings. The lowest BCUT2D eigenvalue weighted by atomic mass is 9.95. The van der Waals surface area contributed by atoms with Crippen molar-refractivity contribution < 1.29 is 23.8 Å². The average Bonchev–Trinajstić information content (AvgIpc) is 2.76. The van der Waals surface area contributed by atoms with E-state index in [0.717, 1.165) is 11.1 Å². The molecule has 1 atom stereocenters. The van der Waals surface area contributed by atoms with E-state index in [9.17, 15) is 9.59 Å². The molecule has 1 unspecified atom stereocenters. The van der Waals surface area contributed by atoms with Crippen LogP contribution in [0.1, 0.15) is 31.0 Å². The normalized spacial score (nSPS) is 15.9. The van der Waals surface area contributed by atoms with Crippen LogP contribution in [0.5, 0.6) is 5.75 Å². The Bertz CT molecular complexity index is 894. The summed E-state index contributed by atoms with van der Waals surface area (Å²) in [6, 6.07) is 16.2. The molecular weight excluding hydrogens is 384 g/mol. The Labute approximate surface area is 176 Å². The van der Waals surface area contributed by atoms with E-state index in [2.05, 4.69) is 10.6 Å². The van der Waals surface area contributed by atoms with Crippen LogP contribution in [0.2, 0.25) is 0 Å². The first-order chi connectivity index (χ1) is 14.6. The van der Waals surface area contributed by atoms with Gasteiger partial charge in [-0.1, -0.05) is 42.5 Å². The zero-order chi connectivity index (χ0) is 21.3. The van der Waals surface area contributed by atoms with E-state index in [1.165, 1.54) is 0 Å². The molecule has 0 saturated carbocycles. The van der Waals surface area contributed by atoms with Crippen molar-refractivity contribution in [3.63, 3.8) is 0 Å². The van der Waals surface area contributed by atoms with Gasteiger partial charge < -0.3 is 24.8 Å². The second-order valence-electron chi connectivity index (χ2n) is 6.75. The van der Waals surface area contributed by atoms with Crippen LogP contribution < -0.4 is 15.4 Å². The molecule has 7 nitrogen and oxygen atoms in total. The van der Waals surface area contributed by atoms with Crippen LogP contribution in [0.4, 0.5) is 4.79 Å². The van der Waals surface area contributed by atoms with Gasteiger partial charge >= 0.3 is 12.0 Å². The van der Waals surface area contributed by atoms with Gasteiger partial charge in [0.25, 0.3) is 0 Å². The van der Waals surface area contributed by atoms with Gasteiger partial charge in [-0.15, -0.1) is 0 Å². The SMILES string of the molecule is CCOCCOC(=O)C1=C(C)NC(=O)NC1c1ccc(OCc2ccccc2)cc1. The molecule has 2 N–H and O–H groups in total. The smallest absolute Gasteiger partial charge is 0.338 e. The quantitative estimate of drug-likeness (QED) is 0.488. The van der Waals surface area contributed by atoms with Crippen LogP contribution in [0.25, 0.3) is 0 Å². The van der Waals surface area contributed by atoms with E-state index in [1.54, 1.807) is 6.92 Å². The molecule has 1 aliphatic rings. The van der Waals surface area contributed by atoms with E-state index in [1.807, 2.05) is 61.5 Å². The number of urea groups is 1. The first-order valence-electron chi connectivity index (χ1n) is 9.88. The molecule has 30 heavy (non-hydrogen) atoms. The second-order valence-corrected chi connectivity index (χ2v) is 6.75. The number of esters is 1. The highest BCUT2D eigenvalue weighted by Crippen LogP contribution is 2.29. The predicted molar refractivity (Wildman–Crippen MR) is 112 cm³/mol. The Morgan fingerprint density at radius 1 is 1.03 bits per heavy atom. The molecular formula is C23H26N2O5. The van der Waals surface area contributed by atoms with Gasteiger partial charge in [0, 0.05) is 12.3 Å². The highest BCUT2D eigenvalue weighted by Gasteiger charge is 2.32. The van der Waals surface area contributed by atoms with E-state index >= 15 is 0 Å². The van der Waals surface area contributed by atoms with Gasteiger partial charge in [-0.05, 0) is 37.1 Å². The molecule has 0 fully saturated rings. The van der Waals surface area contributed by atoms with E-state index in [0.29, 0.717) is 36.8 Å². The number of hydrogen-bond acceptors (Lipinski definition) is 5. The highest BCUT2D eigenvalue weighted by atomic mass is 16.6. The number of ether oxygens (including phenoxy) is 3. The third kappa shape index (κ3) is 5.61. The van der Waals surface area contributed by atoms with Crippen molar-refractivity contribution in [3.05, 3.63) is 77.0 Å². The molecule has 0 saturated heterocycles. The maximum absolute atomic E-state index is 12.6. The van der Waals surface area contributed by atoms with E-state index in [4.69, 9.17) is 14.2 Å². The Hall–Kier alpha value is -3.32. The van der Waals surface area contributed by atoms with Crippen molar-refractivity contribution in [3.8, 4) is 5.75 Å². The minimum Gasteiger partial charge on any atom is -0.489 e. The number of allylic oxidation sites excluding steroid dienone is 1.